The molecule has 0 radical (unpaired) electrons. The number of nitrogens with zero attached hydrogens (tertiary/aromatic N) is 4. The number of aromatic nitrogens is 3. The number of halogens is 1. The van der Waals surface area contributed by atoms with Gasteiger partial charge in [-0.25, -0.2) is 9.97 Å². The number of hydrogen-bond donors (Lipinski definition) is 1. The monoisotopic (exact) mass is 435 g/mol. The van der Waals surface area contributed by atoms with Crippen LogP contribution in [0.3, 0.4) is 0 Å². The number of carbonyl (C=O) groups is 1. The van der Waals surface area contributed by atoms with Crippen molar-refractivity contribution in [3.63, 3.8) is 0 Å². The first-order valence-electron chi connectivity index (χ1n) is 10.6. The Hall–Kier alpha value is -2.99. The minimum atomic E-state index is -0.0688. The lowest BCUT2D eigenvalue weighted by Crippen LogP contribution is -2.41. The first kappa shape index (κ1) is 21.2. The van der Waals surface area contributed by atoms with Gasteiger partial charge in [-0.15, -0.1) is 0 Å². The summed E-state index contributed by atoms with van der Waals surface area (Å²) < 4.78 is 0. The zero-order valence-electron chi connectivity index (χ0n) is 17.5. The van der Waals surface area contributed by atoms with E-state index >= 15 is 0 Å². The van der Waals surface area contributed by atoms with Gasteiger partial charge >= 0.3 is 0 Å². The van der Waals surface area contributed by atoms with Crippen molar-refractivity contribution in [2.75, 3.05) is 18.4 Å². The standard InChI is InChI=1S/C24H26ClN5O/c1-17(13-18-5-4-6-20(25)14-18)24(31)30-11-8-19(9-12-30)21-15-26-16-23(28-21)29-22-7-2-3-10-27-22/h2-7,10,14-17,19H,8-9,11-13H2,1H3,(H,27,28,29)/t17-/m0/s1. The molecule has 1 saturated heterocycles. The molecule has 0 spiro atoms. The highest BCUT2D eigenvalue weighted by Crippen LogP contribution is 2.28. The lowest BCUT2D eigenvalue weighted by Gasteiger charge is -2.33. The molecule has 6 nitrogen and oxygen atoms in total. The van der Waals surface area contributed by atoms with Crippen molar-refractivity contribution in [2.24, 2.45) is 5.92 Å². The smallest absolute Gasteiger partial charge is 0.225 e. The van der Waals surface area contributed by atoms with Crippen molar-refractivity contribution in [1.29, 1.82) is 0 Å². The third kappa shape index (κ3) is 5.58. The molecule has 1 atom stereocenters. The van der Waals surface area contributed by atoms with E-state index in [1.807, 2.05) is 60.5 Å². The SMILES string of the molecule is C[C@@H](Cc1cccc(Cl)c1)C(=O)N1CCC(c2cncc(Nc3ccccn3)n2)CC1. The van der Waals surface area contributed by atoms with Crippen LogP contribution < -0.4 is 5.32 Å². The number of piperidine rings is 1. The molecule has 1 aliphatic heterocycles. The Morgan fingerprint density at radius 3 is 2.74 bits per heavy atom. The van der Waals surface area contributed by atoms with Gasteiger partial charge in [0, 0.05) is 42.3 Å². The van der Waals surface area contributed by atoms with Crippen LogP contribution in [0.4, 0.5) is 11.6 Å². The molecule has 0 aliphatic carbocycles. The highest BCUT2D eigenvalue weighted by molar-refractivity contribution is 6.30. The topological polar surface area (TPSA) is 71.0 Å². The Morgan fingerprint density at radius 1 is 1.16 bits per heavy atom. The highest BCUT2D eigenvalue weighted by Gasteiger charge is 2.27. The van der Waals surface area contributed by atoms with Crippen LogP contribution in [0.25, 0.3) is 0 Å². The van der Waals surface area contributed by atoms with Crippen molar-refractivity contribution in [3.05, 3.63) is 77.3 Å². The van der Waals surface area contributed by atoms with E-state index in [1.165, 1.54) is 0 Å². The molecule has 4 rings (SSSR count). The number of amides is 1. The van der Waals surface area contributed by atoms with E-state index < -0.39 is 0 Å². The maximum atomic E-state index is 12.9. The summed E-state index contributed by atoms with van der Waals surface area (Å²) in [6.07, 6.45) is 7.74. The van der Waals surface area contributed by atoms with Crippen molar-refractivity contribution < 1.29 is 4.79 Å². The van der Waals surface area contributed by atoms with E-state index in [0.29, 0.717) is 23.2 Å². The lowest BCUT2D eigenvalue weighted by atomic mass is 9.92. The zero-order chi connectivity index (χ0) is 21.6. The van der Waals surface area contributed by atoms with Gasteiger partial charge in [0.15, 0.2) is 0 Å². The van der Waals surface area contributed by atoms with E-state index in [9.17, 15) is 4.79 Å². The average Bonchev–Trinajstić information content (AvgIpc) is 2.79. The van der Waals surface area contributed by atoms with E-state index in [-0.39, 0.29) is 11.8 Å². The number of likely N-dealkylation sites (tertiary alicyclic amines) is 1. The minimum Gasteiger partial charge on any atom is -0.342 e. The Morgan fingerprint density at radius 2 is 2.00 bits per heavy atom. The highest BCUT2D eigenvalue weighted by atomic mass is 35.5. The number of rotatable bonds is 6. The first-order chi connectivity index (χ1) is 15.1. The van der Waals surface area contributed by atoms with Crippen molar-refractivity contribution >= 4 is 29.1 Å². The quantitative estimate of drug-likeness (QED) is 0.599. The molecule has 160 valence electrons. The summed E-state index contributed by atoms with van der Waals surface area (Å²) in [4.78, 5) is 28.3. The van der Waals surface area contributed by atoms with Crippen molar-refractivity contribution in [3.8, 4) is 0 Å². The zero-order valence-corrected chi connectivity index (χ0v) is 18.3. The molecule has 3 heterocycles. The maximum Gasteiger partial charge on any atom is 0.225 e. The van der Waals surface area contributed by atoms with Gasteiger partial charge in [0.2, 0.25) is 5.91 Å². The van der Waals surface area contributed by atoms with Gasteiger partial charge in [-0.1, -0.05) is 36.7 Å². The molecule has 1 aromatic carbocycles. The first-order valence-corrected chi connectivity index (χ1v) is 11.0. The van der Waals surface area contributed by atoms with E-state index in [4.69, 9.17) is 16.6 Å². The van der Waals surface area contributed by atoms with Crippen LogP contribution >= 0.6 is 11.6 Å². The summed E-state index contributed by atoms with van der Waals surface area (Å²) in [6, 6.07) is 13.4. The van der Waals surface area contributed by atoms with Gasteiger partial charge < -0.3 is 10.2 Å². The molecule has 7 heteroatoms. The van der Waals surface area contributed by atoms with Gasteiger partial charge in [-0.3, -0.25) is 9.78 Å². The van der Waals surface area contributed by atoms with E-state index in [1.54, 1.807) is 12.4 Å². The number of benzene rings is 1. The molecule has 2 aromatic heterocycles. The fraction of sp³-hybridized carbons (Fsp3) is 0.333. The van der Waals surface area contributed by atoms with Crippen LogP contribution in [-0.4, -0.2) is 38.8 Å². The Labute approximate surface area is 187 Å². The molecule has 3 aromatic rings. The fourth-order valence-corrected chi connectivity index (χ4v) is 4.23. The lowest BCUT2D eigenvalue weighted by molar-refractivity contribution is -0.136. The Bertz CT molecular complexity index is 1020. The molecule has 0 unspecified atom stereocenters. The number of hydrogen-bond acceptors (Lipinski definition) is 5. The van der Waals surface area contributed by atoms with Crippen LogP contribution in [0.15, 0.2) is 61.1 Å². The third-order valence-electron chi connectivity index (χ3n) is 5.65. The van der Waals surface area contributed by atoms with Crippen LogP contribution in [0.2, 0.25) is 5.02 Å². The average molecular weight is 436 g/mol. The van der Waals surface area contributed by atoms with Gasteiger partial charge in [0.25, 0.3) is 0 Å². The van der Waals surface area contributed by atoms with Crippen LogP contribution in [0.1, 0.15) is 36.9 Å². The normalized spacial score (nSPS) is 15.5. The molecule has 0 saturated carbocycles. The molecule has 1 N–H and O–H groups in total. The summed E-state index contributed by atoms with van der Waals surface area (Å²) in [7, 11) is 0. The Kier molecular flexibility index (Phi) is 6.77. The van der Waals surface area contributed by atoms with Crippen LogP contribution in [0.5, 0.6) is 0 Å². The van der Waals surface area contributed by atoms with Gasteiger partial charge in [0.05, 0.1) is 11.9 Å². The fourth-order valence-electron chi connectivity index (χ4n) is 4.02. The van der Waals surface area contributed by atoms with Crippen molar-refractivity contribution in [2.45, 2.75) is 32.1 Å². The minimum absolute atomic E-state index is 0.0688. The van der Waals surface area contributed by atoms with Crippen LogP contribution in [-0.2, 0) is 11.2 Å². The number of nitrogens with one attached hydrogen (secondary N) is 1. The summed E-state index contributed by atoms with van der Waals surface area (Å²) in [5, 5.41) is 3.90. The number of carbonyl (C=O) groups excluding carboxylic acids is 1. The number of pyridine rings is 1. The predicted octanol–water partition coefficient (Wildman–Crippen LogP) is 4.85. The second-order valence-electron chi connectivity index (χ2n) is 8.00. The second-order valence-corrected chi connectivity index (χ2v) is 8.44. The summed E-state index contributed by atoms with van der Waals surface area (Å²) in [6.45, 7) is 3.47. The molecule has 31 heavy (non-hydrogen) atoms. The maximum absolute atomic E-state index is 12.9. The van der Waals surface area contributed by atoms with E-state index in [2.05, 4.69) is 15.3 Å². The van der Waals surface area contributed by atoms with Gasteiger partial charge in [-0.2, -0.15) is 0 Å². The van der Waals surface area contributed by atoms with Gasteiger partial charge in [-0.05, 0) is 49.1 Å². The van der Waals surface area contributed by atoms with Crippen LogP contribution in [0, 0.1) is 5.92 Å². The van der Waals surface area contributed by atoms with E-state index in [0.717, 1.165) is 43.0 Å². The molecule has 0 bridgehead atoms. The number of anilines is 2. The molecular weight excluding hydrogens is 410 g/mol. The van der Waals surface area contributed by atoms with Crippen molar-refractivity contribution in [1.82, 2.24) is 19.9 Å². The summed E-state index contributed by atoms with van der Waals surface area (Å²) >= 11 is 6.07. The summed E-state index contributed by atoms with van der Waals surface area (Å²) in [5.41, 5.74) is 2.05. The molecule has 1 fully saturated rings. The summed E-state index contributed by atoms with van der Waals surface area (Å²) in [5.74, 6) is 1.86. The van der Waals surface area contributed by atoms with Gasteiger partial charge in [0.1, 0.15) is 11.6 Å². The molecule has 1 aliphatic rings. The predicted molar refractivity (Wildman–Crippen MR) is 122 cm³/mol. The largest absolute Gasteiger partial charge is 0.342 e. The Balaban J connectivity index is 1.33. The third-order valence-corrected chi connectivity index (χ3v) is 5.89. The second kappa shape index (κ2) is 9.88. The molecular formula is C24H26ClN5O. The molecule has 1 amide bonds.